The van der Waals surface area contributed by atoms with E-state index in [2.05, 4.69) is 25.4 Å². The first-order valence-corrected chi connectivity index (χ1v) is 32.1. The van der Waals surface area contributed by atoms with E-state index in [9.17, 15) is 34.2 Å². The number of methoxy groups -OCH3 is 2. The molecule has 6 aromatic carbocycles. The van der Waals surface area contributed by atoms with Gasteiger partial charge in [0.05, 0.1) is 73.4 Å². The van der Waals surface area contributed by atoms with Crippen molar-refractivity contribution in [3.8, 4) is 34.5 Å². The first-order valence-electron chi connectivity index (χ1n) is 32.1. The molecule has 0 aromatic heterocycles. The van der Waals surface area contributed by atoms with Crippen LogP contribution in [0.5, 0.6) is 34.5 Å². The summed E-state index contributed by atoms with van der Waals surface area (Å²) in [6.45, 7) is 11.3. The summed E-state index contributed by atoms with van der Waals surface area (Å²) >= 11 is 0. The van der Waals surface area contributed by atoms with Crippen molar-refractivity contribution >= 4 is 80.2 Å². The van der Waals surface area contributed by atoms with Crippen molar-refractivity contribution < 1.29 is 67.3 Å². The Balaban J connectivity index is 0.000000183. The van der Waals surface area contributed by atoms with Crippen molar-refractivity contribution in [2.24, 2.45) is 4.99 Å². The highest BCUT2D eigenvalue weighted by Gasteiger charge is 2.47. The number of anilines is 3. The Morgan fingerprint density at radius 3 is 1.78 bits per heavy atom. The third-order valence-corrected chi connectivity index (χ3v) is 18.6. The average Bonchev–Trinajstić information content (AvgIpc) is 1.71. The number of carbonyl (C=O) groups is 5. The minimum absolute atomic E-state index is 0.000346. The summed E-state index contributed by atoms with van der Waals surface area (Å²) in [7, 11) is 3.05. The molecule has 2 unspecified atom stereocenters. The highest BCUT2D eigenvalue weighted by Crippen LogP contribution is 2.48. The molecule has 5 amide bonds. The van der Waals surface area contributed by atoms with Crippen LogP contribution in [-0.2, 0) is 23.8 Å². The summed E-state index contributed by atoms with van der Waals surface area (Å²) in [4.78, 5) is 81.4. The Hall–Kier alpha value is -8.88. The normalized spacial score (nSPS) is 21.5. The maximum Gasteiger partial charge on any atom is 0.416 e. The molecule has 7 aliphatic rings. The number of aliphatic imine (C=N–C) groups is 1. The van der Waals surface area contributed by atoms with E-state index in [1.165, 1.54) is 18.1 Å². The predicted octanol–water partition coefficient (Wildman–Crippen LogP) is 12.4. The van der Waals surface area contributed by atoms with Gasteiger partial charge in [0.2, 0.25) is 11.8 Å². The van der Waals surface area contributed by atoms with Crippen LogP contribution >= 0.6 is 0 Å². The second kappa shape index (κ2) is 27.3. The Labute approximate surface area is 529 Å². The Kier molecular flexibility index (Phi) is 18.7. The minimum atomic E-state index is -0.868. The molecule has 0 bridgehead atoms. The molecule has 7 aliphatic heterocycles. The third-order valence-electron chi connectivity index (χ3n) is 18.6. The van der Waals surface area contributed by atoms with Gasteiger partial charge in [-0.2, -0.15) is 0 Å². The van der Waals surface area contributed by atoms with E-state index >= 15 is 0 Å². The summed E-state index contributed by atoms with van der Waals surface area (Å²) in [6.07, 6.45) is 10.6. The Bertz CT molecular complexity index is 3810. The second-order valence-corrected chi connectivity index (χ2v) is 24.5. The van der Waals surface area contributed by atoms with Gasteiger partial charge in [-0.25, -0.2) is 9.69 Å². The second-order valence-electron chi connectivity index (χ2n) is 24.5. The van der Waals surface area contributed by atoms with Crippen LogP contribution in [0.2, 0.25) is 0 Å². The number of hydrogen-bond acceptors (Lipinski definition) is 15. The molecule has 6 aromatic rings. The van der Waals surface area contributed by atoms with Crippen LogP contribution in [0.15, 0.2) is 103 Å². The van der Waals surface area contributed by atoms with Crippen LogP contribution in [0.25, 0.3) is 21.5 Å². The number of nitrogens with zero attached hydrogens (tertiary/aromatic N) is 6. The van der Waals surface area contributed by atoms with Crippen LogP contribution in [0.3, 0.4) is 0 Å². The molecule has 0 saturated carbocycles. The summed E-state index contributed by atoms with van der Waals surface area (Å²) in [5, 5.41) is 24.9. The SMILES string of the molecule is C=CCOC(=O)N1c2cc(OCCCC(=O)N3C[C@@H](C)c4c3cc(O)c3ccccc43)c(OC)cc2C(=O)N2CCCC[C@H]2C1OC1CCCCO1.COc1cc2c(cc1OCCCC(=O)N1C[C@@H](C)c3c1cc(O)c1ccccc31)N=C[C@@H]1CCCCN1C2=O. The van der Waals surface area contributed by atoms with Crippen LogP contribution in [0.1, 0.15) is 141 Å². The smallest absolute Gasteiger partial charge is 0.416 e. The van der Waals surface area contributed by atoms with Crippen molar-refractivity contribution in [2.75, 3.05) is 81.5 Å². The van der Waals surface area contributed by atoms with E-state index in [0.29, 0.717) is 99.2 Å². The van der Waals surface area contributed by atoms with Crippen molar-refractivity contribution in [3.05, 3.63) is 120 Å². The van der Waals surface area contributed by atoms with Crippen LogP contribution in [0, 0.1) is 0 Å². The highest BCUT2D eigenvalue weighted by atomic mass is 16.7. The lowest BCUT2D eigenvalue weighted by atomic mass is 9.95. The van der Waals surface area contributed by atoms with Crippen LogP contribution in [-0.4, -0.2) is 147 Å². The fourth-order valence-electron chi connectivity index (χ4n) is 14.2. The molecule has 20 nitrogen and oxygen atoms in total. The topological polar surface area (TPSA) is 219 Å². The van der Waals surface area contributed by atoms with Gasteiger partial charge < -0.3 is 63.0 Å². The summed E-state index contributed by atoms with van der Waals surface area (Å²) in [6, 6.07) is 25.2. The number of benzene rings is 6. The molecule has 13 rings (SSSR count). The van der Waals surface area contributed by atoms with E-state index in [1.807, 2.05) is 59.6 Å². The van der Waals surface area contributed by atoms with Gasteiger partial charge in [0.25, 0.3) is 11.8 Å². The van der Waals surface area contributed by atoms with Gasteiger partial charge in [-0.1, -0.05) is 75.0 Å². The highest BCUT2D eigenvalue weighted by molar-refractivity contribution is 6.08. The fraction of sp³-hybridized carbons (Fsp3) is 0.437. The number of phenolic OH excluding ortho intramolecular Hbond substituents is 2. The molecular weight excluding hydrogens is 1160 g/mol. The first kappa shape index (κ1) is 62.3. The van der Waals surface area contributed by atoms with Gasteiger partial charge in [-0.15, -0.1) is 0 Å². The molecule has 478 valence electrons. The summed E-state index contributed by atoms with van der Waals surface area (Å²) in [5.74, 6) is 1.92. The van der Waals surface area contributed by atoms with Crippen LogP contribution < -0.4 is 33.6 Å². The third kappa shape index (κ3) is 12.4. The molecule has 91 heavy (non-hydrogen) atoms. The number of amides is 5. The molecule has 0 spiro atoms. The molecular formula is C71H80N6O14. The lowest BCUT2D eigenvalue weighted by molar-refractivity contribution is -0.198. The molecule has 3 fully saturated rings. The maximum atomic E-state index is 14.2. The largest absolute Gasteiger partial charge is 0.507 e. The standard InChI is InChI=1S/C40H47N3O9.C31H33N3O5/c1-4-18-51-40(47)43-30-23-34(49-20-11-15-35(45)42-24-25(2)37-27-13-6-5-12-26(27)32(44)22-31(37)42)33(48-3)21-28(30)38(46)41-17-9-7-14-29(41)39(43)52-36-16-8-10-19-50-36;1-19-18-34(25-16-26(35)21-9-3-4-10-22(21)30(19)25)29(36)11-7-13-39-28-15-24-23(14-27(28)38-2)31(37)33-12-6-5-8-20(33)17-32-24/h4-6,12-13,21-23,25,29,36,39,44H,1,7-11,14-20,24H2,2-3H3;3-4,9-10,14-17,19-20,35H,5-8,11-13,18H2,1-2H3/t25-,29+,36?,39?;19-,20+/m11/s1. The predicted molar refractivity (Wildman–Crippen MR) is 346 cm³/mol. The molecule has 20 heteroatoms. The summed E-state index contributed by atoms with van der Waals surface area (Å²) < 4.78 is 41.7. The zero-order valence-electron chi connectivity index (χ0n) is 52.2. The Morgan fingerprint density at radius 2 is 1.20 bits per heavy atom. The fourth-order valence-corrected chi connectivity index (χ4v) is 14.2. The molecule has 7 heterocycles. The van der Waals surface area contributed by atoms with E-state index in [1.54, 1.807) is 58.2 Å². The van der Waals surface area contributed by atoms with Gasteiger partial charge in [-0.05, 0) is 105 Å². The number of carbonyl (C=O) groups excluding carboxylic acids is 5. The van der Waals surface area contributed by atoms with Crippen molar-refractivity contribution in [3.63, 3.8) is 0 Å². The zero-order valence-corrected chi connectivity index (χ0v) is 52.2. The number of rotatable bonds is 16. The van der Waals surface area contributed by atoms with E-state index < -0.39 is 24.7 Å². The molecule has 6 atom stereocenters. The average molecular weight is 1240 g/mol. The van der Waals surface area contributed by atoms with Crippen molar-refractivity contribution in [1.29, 1.82) is 0 Å². The van der Waals surface area contributed by atoms with Gasteiger partial charge in [0.15, 0.2) is 35.5 Å². The van der Waals surface area contributed by atoms with Crippen molar-refractivity contribution in [2.45, 2.75) is 134 Å². The number of hydrogen-bond donors (Lipinski definition) is 2. The number of phenols is 2. The monoisotopic (exact) mass is 1240 g/mol. The maximum absolute atomic E-state index is 14.2. The van der Waals surface area contributed by atoms with E-state index in [-0.39, 0.29) is 83.9 Å². The minimum Gasteiger partial charge on any atom is -0.507 e. The van der Waals surface area contributed by atoms with Crippen LogP contribution in [0.4, 0.5) is 27.5 Å². The number of ether oxygens (including phenoxy) is 7. The van der Waals surface area contributed by atoms with E-state index in [4.69, 9.17) is 33.2 Å². The quantitative estimate of drug-likeness (QED) is 0.0680. The van der Waals surface area contributed by atoms with Crippen molar-refractivity contribution in [1.82, 2.24) is 9.80 Å². The lowest BCUT2D eigenvalue weighted by Crippen LogP contribution is -2.57. The van der Waals surface area contributed by atoms with E-state index in [0.717, 1.165) is 95.5 Å². The number of piperidine rings is 2. The molecule has 2 N–H and O–H groups in total. The number of aromatic hydroxyl groups is 2. The summed E-state index contributed by atoms with van der Waals surface area (Å²) in [5.41, 5.74) is 5.35. The van der Waals surface area contributed by atoms with Gasteiger partial charge in [-0.3, -0.25) is 24.2 Å². The van der Waals surface area contributed by atoms with Gasteiger partial charge in [0.1, 0.15) is 18.1 Å². The zero-order chi connectivity index (χ0) is 63.4. The van der Waals surface area contributed by atoms with Gasteiger partial charge >= 0.3 is 6.09 Å². The molecule has 0 aliphatic carbocycles. The lowest BCUT2D eigenvalue weighted by Gasteiger charge is -2.42. The first-order chi connectivity index (χ1) is 44.3. The molecule has 3 saturated heterocycles. The van der Waals surface area contributed by atoms with Gasteiger partial charge in [0, 0.05) is 98.7 Å². The number of fused-ring (bicyclic) bond motifs is 10. The Morgan fingerprint density at radius 1 is 0.648 bits per heavy atom. The molecule has 0 radical (unpaired) electrons.